The van der Waals surface area contributed by atoms with Crippen LogP contribution in [0, 0.1) is 11.8 Å². The fourth-order valence-electron chi connectivity index (χ4n) is 5.31. The third kappa shape index (κ3) is 7.24. The second kappa shape index (κ2) is 12.5. The molecule has 1 saturated heterocycles. The molecule has 0 spiro atoms. The van der Waals surface area contributed by atoms with E-state index in [-0.39, 0.29) is 6.42 Å². The summed E-state index contributed by atoms with van der Waals surface area (Å²) in [5, 5.41) is 10.5. The van der Waals surface area contributed by atoms with E-state index >= 15 is 0 Å². The third-order valence-electron chi connectivity index (χ3n) is 7.25. The Balaban J connectivity index is 1.31. The summed E-state index contributed by atoms with van der Waals surface area (Å²) in [6, 6.07) is 10.3. The number of pyridine rings is 1. The number of likely N-dealkylation sites (tertiary alicyclic amines) is 1. The van der Waals surface area contributed by atoms with Crippen molar-refractivity contribution in [1.29, 1.82) is 0 Å². The van der Waals surface area contributed by atoms with Gasteiger partial charge in [0.05, 0.1) is 12.6 Å². The Kier molecular flexibility index (Phi) is 9.10. The lowest BCUT2D eigenvalue weighted by molar-refractivity contribution is -0.137. The number of benzene rings is 1. The Bertz CT molecular complexity index is 1120. The van der Waals surface area contributed by atoms with Crippen LogP contribution in [0.4, 0.5) is 0 Å². The maximum atomic E-state index is 11.3. The number of ether oxygens (including phenoxy) is 1. The third-order valence-corrected chi connectivity index (χ3v) is 8.21. The maximum Gasteiger partial charge on any atom is 0.303 e. The molecular formula is C28H37N3O3S. The second-order valence-electron chi connectivity index (χ2n) is 9.65. The molecule has 1 aromatic carbocycles. The summed E-state index contributed by atoms with van der Waals surface area (Å²) in [4.78, 5) is 19.7. The highest BCUT2D eigenvalue weighted by Gasteiger charge is 2.29. The Hall–Kier alpha value is -2.51. The molecule has 1 N–H and O–H groups in total. The molecule has 6 nitrogen and oxygen atoms in total. The van der Waals surface area contributed by atoms with Crippen molar-refractivity contribution >= 4 is 28.6 Å². The Morgan fingerprint density at radius 1 is 1.23 bits per heavy atom. The van der Waals surface area contributed by atoms with Gasteiger partial charge < -0.3 is 19.3 Å². The highest BCUT2D eigenvalue weighted by Crippen LogP contribution is 2.32. The van der Waals surface area contributed by atoms with Gasteiger partial charge in [-0.25, -0.2) is 0 Å². The van der Waals surface area contributed by atoms with Gasteiger partial charge in [0.2, 0.25) is 0 Å². The number of nitrogens with zero attached hydrogens (tertiary/aromatic N) is 3. The topological polar surface area (TPSA) is 67.6 Å². The van der Waals surface area contributed by atoms with Gasteiger partial charge in [-0.05, 0) is 86.4 Å². The summed E-state index contributed by atoms with van der Waals surface area (Å²) in [7, 11) is 3.75. The zero-order chi connectivity index (χ0) is 24.6. The number of rotatable bonds is 12. The zero-order valence-electron chi connectivity index (χ0n) is 20.9. The van der Waals surface area contributed by atoms with Crippen LogP contribution in [-0.2, 0) is 18.3 Å². The van der Waals surface area contributed by atoms with Crippen molar-refractivity contribution in [2.45, 2.75) is 43.4 Å². The summed E-state index contributed by atoms with van der Waals surface area (Å²) >= 11 is 1.90. The second-order valence-corrected chi connectivity index (χ2v) is 10.8. The molecule has 3 aromatic rings. The van der Waals surface area contributed by atoms with E-state index in [0.29, 0.717) is 11.8 Å². The first-order valence-corrected chi connectivity index (χ1v) is 13.6. The summed E-state index contributed by atoms with van der Waals surface area (Å²) in [5.74, 6) is 2.29. The molecule has 0 saturated carbocycles. The number of aryl methyl sites for hydroxylation is 2. The van der Waals surface area contributed by atoms with E-state index < -0.39 is 5.97 Å². The summed E-state index contributed by atoms with van der Waals surface area (Å²) in [6.45, 7) is 3.18. The summed E-state index contributed by atoms with van der Waals surface area (Å²) in [6.07, 6.45) is 11.6. The number of fused-ring (bicyclic) bond motifs is 1. The standard InChI is InChI=1S/C28H37N3O3S/c1-30-14-12-25(20-30)35-17-16-31-15-11-21(23(19-31)6-9-28(32)33)4-3-5-22-10-13-29-27-8-7-24(34-2)18-26(22)27/h7-8,10,12-14,18,20-21,23H,3-6,9,11,15-17,19H2,1-2H3,(H,32,33)/t21-,23+/m1/s1. The first-order valence-electron chi connectivity index (χ1n) is 12.6. The summed E-state index contributed by atoms with van der Waals surface area (Å²) < 4.78 is 7.50. The quantitative estimate of drug-likeness (QED) is 0.335. The van der Waals surface area contributed by atoms with Crippen LogP contribution in [0.1, 0.15) is 37.7 Å². The molecule has 1 aliphatic rings. The van der Waals surface area contributed by atoms with E-state index in [1.165, 1.54) is 15.8 Å². The van der Waals surface area contributed by atoms with Gasteiger partial charge in [0.25, 0.3) is 0 Å². The van der Waals surface area contributed by atoms with Crippen LogP contribution in [0.25, 0.3) is 10.9 Å². The van der Waals surface area contributed by atoms with E-state index in [1.807, 2.05) is 30.1 Å². The van der Waals surface area contributed by atoms with Gasteiger partial charge >= 0.3 is 5.97 Å². The number of carboxylic acid groups (broad SMARTS) is 1. The molecular weight excluding hydrogens is 458 g/mol. The molecule has 1 aliphatic heterocycles. The first kappa shape index (κ1) is 25.6. The predicted octanol–water partition coefficient (Wildman–Crippen LogP) is 5.50. The van der Waals surface area contributed by atoms with Crippen LogP contribution < -0.4 is 4.74 Å². The van der Waals surface area contributed by atoms with Gasteiger partial charge in [0, 0.05) is 61.2 Å². The lowest BCUT2D eigenvalue weighted by Gasteiger charge is -2.39. The van der Waals surface area contributed by atoms with Gasteiger partial charge in [-0.15, -0.1) is 11.8 Å². The molecule has 0 aliphatic carbocycles. The molecule has 0 unspecified atom stereocenters. The van der Waals surface area contributed by atoms with E-state index in [2.05, 4.69) is 52.1 Å². The predicted molar refractivity (Wildman–Crippen MR) is 142 cm³/mol. The van der Waals surface area contributed by atoms with Gasteiger partial charge in [-0.3, -0.25) is 9.78 Å². The largest absolute Gasteiger partial charge is 0.497 e. The lowest BCUT2D eigenvalue weighted by Crippen LogP contribution is -2.41. The molecule has 0 bridgehead atoms. The highest BCUT2D eigenvalue weighted by molar-refractivity contribution is 7.99. The Morgan fingerprint density at radius 2 is 2.11 bits per heavy atom. The maximum absolute atomic E-state index is 11.3. The SMILES string of the molecule is COc1ccc2nccc(CCC[C@@H]3CCN(CCSc4ccn(C)c4)C[C@@H]3CCC(=O)O)c2c1. The van der Waals surface area contributed by atoms with E-state index in [4.69, 9.17) is 4.74 Å². The number of carbonyl (C=O) groups is 1. The fraction of sp³-hybridized carbons (Fsp3) is 0.500. The molecule has 3 heterocycles. The van der Waals surface area contributed by atoms with Crippen LogP contribution in [0.3, 0.4) is 0 Å². The number of thioether (sulfide) groups is 1. The van der Waals surface area contributed by atoms with E-state index in [9.17, 15) is 9.90 Å². The van der Waals surface area contributed by atoms with Crippen molar-refractivity contribution in [1.82, 2.24) is 14.5 Å². The minimum atomic E-state index is -0.683. The molecule has 2 aromatic heterocycles. The van der Waals surface area contributed by atoms with Crippen LogP contribution in [0.2, 0.25) is 0 Å². The van der Waals surface area contributed by atoms with Crippen molar-refractivity contribution in [3.05, 3.63) is 54.5 Å². The van der Waals surface area contributed by atoms with E-state index in [1.54, 1.807) is 7.11 Å². The number of methoxy groups -OCH3 is 1. The number of hydrogen-bond acceptors (Lipinski definition) is 5. The summed E-state index contributed by atoms with van der Waals surface area (Å²) in [5.41, 5.74) is 2.32. The molecule has 188 valence electrons. The molecule has 0 amide bonds. The Morgan fingerprint density at radius 3 is 2.89 bits per heavy atom. The number of piperidine rings is 1. The molecule has 35 heavy (non-hydrogen) atoms. The van der Waals surface area contributed by atoms with Gasteiger partial charge in [0.15, 0.2) is 0 Å². The number of aromatic nitrogens is 2. The van der Waals surface area contributed by atoms with Crippen LogP contribution in [-0.4, -0.2) is 58.0 Å². The van der Waals surface area contributed by atoms with Crippen molar-refractivity contribution in [3.8, 4) is 5.75 Å². The monoisotopic (exact) mass is 495 g/mol. The molecule has 7 heteroatoms. The number of aliphatic carboxylic acids is 1. The number of hydrogen-bond donors (Lipinski definition) is 1. The first-order chi connectivity index (χ1) is 17.0. The minimum absolute atomic E-state index is 0.266. The van der Waals surface area contributed by atoms with Crippen molar-refractivity contribution < 1.29 is 14.6 Å². The lowest BCUT2D eigenvalue weighted by atomic mass is 9.79. The van der Waals surface area contributed by atoms with E-state index in [0.717, 1.165) is 68.8 Å². The fourth-order valence-corrected chi connectivity index (χ4v) is 6.30. The highest BCUT2D eigenvalue weighted by atomic mass is 32.2. The average Bonchev–Trinajstić information content (AvgIpc) is 3.28. The normalized spacial score (nSPS) is 18.7. The Labute approximate surface area is 212 Å². The smallest absolute Gasteiger partial charge is 0.303 e. The molecule has 2 atom stereocenters. The zero-order valence-corrected chi connectivity index (χ0v) is 21.7. The average molecular weight is 496 g/mol. The molecule has 4 rings (SSSR count). The van der Waals surface area contributed by atoms with Crippen LogP contribution >= 0.6 is 11.8 Å². The molecule has 1 fully saturated rings. The van der Waals surface area contributed by atoms with Gasteiger partial charge in [-0.2, -0.15) is 0 Å². The van der Waals surface area contributed by atoms with Gasteiger partial charge in [0.1, 0.15) is 5.75 Å². The van der Waals surface area contributed by atoms with Gasteiger partial charge in [-0.1, -0.05) is 0 Å². The molecule has 0 radical (unpaired) electrons. The van der Waals surface area contributed by atoms with Crippen LogP contribution in [0.5, 0.6) is 5.75 Å². The number of carboxylic acids is 1. The van der Waals surface area contributed by atoms with Crippen molar-refractivity contribution in [3.63, 3.8) is 0 Å². The minimum Gasteiger partial charge on any atom is -0.497 e. The van der Waals surface area contributed by atoms with Crippen LogP contribution in [0.15, 0.2) is 53.8 Å². The van der Waals surface area contributed by atoms with Crippen molar-refractivity contribution in [2.24, 2.45) is 18.9 Å². The van der Waals surface area contributed by atoms with Crippen molar-refractivity contribution in [2.75, 3.05) is 32.5 Å².